The van der Waals surface area contributed by atoms with E-state index in [0.717, 1.165) is 40.9 Å². The molecule has 7 nitrogen and oxygen atoms in total. The average molecular weight is 520 g/mol. The van der Waals surface area contributed by atoms with Crippen LogP contribution in [0.4, 0.5) is 0 Å². The lowest BCUT2D eigenvalue weighted by Crippen LogP contribution is -2.45. The second-order valence-corrected chi connectivity index (χ2v) is 15.7. The molecule has 0 saturated heterocycles. The number of imidazole rings is 1. The van der Waals surface area contributed by atoms with Crippen molar-refractivity contribution in [2.75, 3.05) is 6.61 Å². The van der Waals surface area contributed by atoms with Crippen molar-refractivity contribution < 1.29 is 18.4 Å². The number of primary amides is 1. The van der Waals surface area contributed by atoms with E-state index in [2.05, 4.69) is 44.9 Å². The Morgan fingerprint density at radius 1 is 1.14 bits per heavy atom. The Balaban J connectivity index is 1.38. The zero-order valence-corrected chi connectivity index (χ0v) is 23.4. The van der Waals surface area contributed by atoms with Crippen molar-refractivity contribution >= 4 is 25.2 Å². The van der Waals surface area contributed by atoms with Gasteiger partial charge in [-0.15, -0.1) is 0 Å². The van der Waals surface area contributed by atoms with Gasteiger partial charge in [0.1, 0.15) is 22.8 Å². The number of carbonyl (C=O) groups excluding carboxylic acids is 1. The first-order valence-electron chi connectivity index (χ1n) is 12.7. The van der Waals surface area contributed by atoms with Gasteiger partial charge in [0.2, 0.25) is 0 Å². The zero-order valence-electron chi connectivity index (χ0n) is 22.4. The summed E-state index contributed by atoms with van der Waals surface area (Å²) in [6, 6.07) is 18.0. The molecule has 0 aliphatic heterocycles. The number of benzene rings is 2. The standard InChI is InChI=1S/C29H37N3O4Si/c1-29(2,3)37(4,5)36-24(18-32-19-25(28(30)33)31-20-32)13-9-15-34-23-12-8-11-21(16-23)27-17-22-10-6-7-14-26(22)35-27/h6-8,10-12,14,16-17,19-20,24H,9,13,15,18H2,1-5H3,(H2,30,33). The largest absolute Gasteiger partial charge is 0.494 e. The minimum atomic E-state index is -2.00. The number of ether oxygens (including phenoxy) is 1. The third kappa shape index (κ3) is 6.70. The van der Waals surface area contributed by atoms with Crippen LogP contribution in [0.5, 0.6) is 5.75 Å². The number of nitrogens with zero attached hydrogens (tertiary/aromatic N) is 2. The van der Waals surface area contributed by atoms with Gasteiger partial charge in [0, 0.05) is 23.7 Å². The van der Waals surface area contributed by atoms with Crippen molar-refractivity contribution in [2.45, 2.75) is 64.4 Å². The molecule has 4 rings (SSSR count). The molecule has 0 aliphatic carbocycles. The van der Waals surface area contributed by atoms with E-state index in [1.54, 1.807) is 12.5 Å². The van der Waals surface area contributed by atoms with E-state index in [1.807, 2.05) is 53.1 Å². The van der Waals surface area contributed by atoms with Gasteiger partial charge >= 0.3 is 0 Å². The van der Waals surface area contributed by atoms with Crippen LogP contribution in [0.15, 0.2) is 71.5 Å². The minimum absolute atomic E-state index is 0.0266. The Morgan fingerprint density at radius 3 is 2.62 bits per heavy atom. The first-order valence-corrected chi connectivity index (χ1v) is 15.6. The summed E-state index contributed by atoms with van der Waals surface area (Å²) in [6.45, 7) is 12.4. The first kappa shape index (κ1) is 26.7. The van der Waals surface area contributed by atoms with Crippen LogP contribution in [0.2, 0.25) is 18.1 Å². The number of carbonyl (C=O) groups is 1. The van der Waals surface area contributed by atoms with Crippen LogP contribution in [-0.4, -0.2) is 36.5 Å². The predicted molar refractivity (Wildman–Crippen MR) is 149 cm³/mol. The van der Waals surface area contributed by atoms with Crippen LogP contribution in [0, 0.1) is 0 Å². The number of hydrogen-bond donors (Lipinski definition) is 1. The number of nitrogens with two attached hydrogens (primary N) is 1. The monoisotopic (exact) mass is 519 g/mol. The highest BCUT2D eigenvalue weighted by Crippen LogP contribution is 2.38. The second-order valence-electron chi connectivity index (χ2n) is 11.0. The van der Waals surface area contributed by atoms with E-state index in [-0.39, 0.29) is 16.8 Å². The van der Waals surface area contributed by atoms with Crippen LogP contribution >= 0.6 is 0 Å². The molecule has 0 radical (unpaired) electrons. The van der Waals surface area contributed by atoms with Crippen molar-refractivity contribution in [3.05, 3.63) is 72.8 Å². The number of furan rings is 1. The summed E-state index contributed by atoms with van der Waals surface area (Å²) in [4.78, 5) is 15.6. The van der Waals surface area contributed by atoms with Crippen LogP contribution in [0.1, 0.15) is 44.1 Å². The molecule has 2 N–H and O–H groups in total. The molecular formula is C29H37N3O4Si. The maximum absolute atomic E-state index is 11.5. The van der Waals surface area contributed by atoms with Gasteiger partial charge in [-0.2, -0.15) is 0 Å². The Bertz CT molecular complexity index is 1320. The van der Waals surface area contributed by atoms with Crippen molar-refractivity contribution in [1.82, 2.24) is 9.55 Å². The van der Waals surface area contributed by atoms with E-state index in [9.17, 15) is 4.79 Å². The summed E-state index contributed by atoms with van der Waals surface area (Å²) in [5.41, 5.74) is 7.50. The summed E-state index contributed by atoms with van der Waals surface area (Å²) < 4.78 is 20.7. The van der Waals surface area contributed by atoms with Gasteiger partial charge in [-0.1, -0.05) is 51.1 Å². The number of para-hydroxylation sites is 1. The molecule has 0 spiro atoms. The highest BCUT2D eigenvalue weighted by molar-refractivity contribution is 6.74. The van der Waals surface area contributed by atoms with E-state index >= 15 is 0 Å². The van der Waals surface area contributed by atoms with Crippen molar-refractivity contribution in [1.29, 1.82) is 0 Å². The normalized spacial score (nSPS) is 13.1. The van der Waals surface area contributed by atoms with E-state index in [0.29, 0.717) is 13.2 Å². The molecule has 1 atom stereocenters. The predicted octanol–water partition coefficient (Wildman–Crippen LogP) is 6.64. The summed E-state index contributed by atoms with van der Waals surface area (Å²) in [5.74, 6) is 1.10. The van der Waals surface area contributed by atoms with Crippen molar-refractivity contribution in [3.8, 4) is 17.1 Å². The van der Waals surface area contributed by atoms with Gasteiger partial charge in [-0.25, -0.2) is 4.98 Å². The number of aromatic nitrogens is 2. The Labute approximate surface area is 219 Å². The molecule has 0 fully saturated rings. The minimum Gasteiger partial charge on any atom is -0.494 e. The van der Waals surface area contributed by atoms with Crippen molar-refractivity contribution in [2.24, 2.45) is 5.73 Å². The molecule has 4 aromatic rings. The van der Waals surface area contributed by atoms with Gasteiger partial charge in [-0.3, -0.25) is 4.79 Å². The number of hydrogen-bond acceptors (Lipinski definition) is 5. The van der Waals surface area contributed by atoms with Crippen LogP contribution in [-0.2, 0) is 11.0 Å². The molecule has 37 heavy (non-hydrogen) atoms. The SMILES string of the molecule is CC(C)(C)[Si](C)(C)OC(CCCOc1cccc(-c2cc3ccccc3o2)c1)Cn1cnc(C(N)=O)c1. The Morgan fingerprint density at radius 2 is 1.92 bits per heavy atom. The molecule has 0 aliphatic rings. The van der Waals surface area contributed by atoms with Crippen molar-refractivity contribution in [3.63, 3.8) is 0 Å². The quantitative estimate of drug-likeness (QED) is 0.177. The fourth-order valence-corrected chi connectivity index (χ4v) is 5.35. The summed E-state index contributed by atoms with van der Waals surface area (Å²) >= 11 is 0. The lowest BCUT2D eigenvalue weighted by molar-refractivity contribution is 0.0995. The molecule has 1 unspecified atom stereocenters. The molecule has 0 saturated carbocycles. The van der Waals surface area contributed by atoms with E-state index in [1.165, 1.54) is 0 Å². The third-order valence-corrected chi connectivity index (χ3v) is 11.6. The highest BCUT2D eigenvalue weighted by atomic mass is 28.4. The zero-order chi connectivity index (χ0) is 26.6. The number of fused-ring (bicyclic) bond motifs is 1. The molecule has 8 heteroatoms. The molecule has 196 valence electrons. The number of rotatable bonds is 11. The van der Waals surface area contributed by atoms with Gasteiger partial charge in [-0.05, 0) is 55.2 Å². The van der Waals surface area contributed by atoms with E-state index in [4.69, 9.17) is 19.3 Å². The maximum Gasteiger partial charge on any atom is 0.268 e. The summed E-state index contributed by atoms with van der Waals surface area (Å²) in [5, 5.41) is 1.17. The summed E-state index contributed by atoms with van der Waals surface area (Å²) in [6.07, 6.45) is 4.94. The van der Waals surface area contributed by atoms with Gasteiger partial charge < -0.3 is 23.9 Å². The molecule has 2 aromatic heterocycles. The molecule has 2 heterocycles. The molecular weight excluding hydrogens is 482 g/mol. The molecule has 0 bridgehead atoms. The van der Waals surface area contributed by atoms with Crippen LogP contribution < -0.4 is 10.5 Å². The number of amides is 1. The molecule has 1 amide bonds. The van der Waals surface area contributed by atoms with Crippen LogP contribution in [0.25, 0.3) is 22.3 Å². The summed E-state index contributed by atoms with van der Waals surface area (Å²) in [7, 11) is -2.00. The van der Waals surface area contributed by atoms with E-state index < -0.39 is 14.2 Å². The fraction of sp³-hybridized carbons (Fsp3) is 0.379. The maximum atomic E-state index is 11.5. The fourth-order valence-electron chi connectivity index (χ4n) is 3.97. The smallest absolute Gasteiger partial charge is 0.268 e. The second kappa shape index (κ2) is 10.9. The topological polar surface area (TPSA) is 92.5 Å². The lowest BCUT2D eigenvalue weighted by Gasteiger charge is -2.39. The van der Waals surface area contributed by atoms with Crippen LogP contribution in [0.3, 0.4) is 0 Å². The van der Waals surface area contributed by atoms with Gasteiger partial charge in [0.05, 0.1) is 19.0 Å². The molecule has 2 aromatic carbocycles. The average Bonchev–Trinajstić information content (AvgIpc) is 3.48. The lowest BCUT2D eigenvalue weighted by atomic mass is 10.1. The Kier molecular flexibility index (Phi) is 7.89. The van der Waals surface area contributed by atoms with Gasteiger partial charge in [0.25, 0.3) is 5.91 Å². The van der Waals surface area contributed by atoms with Gasteiger partial charge in [0.15, 0.2) is 8.32 Å². The first-order chi connectivity index (χ1) is 17.5. The third-order valence-electron chi connectivity index (χ3n) is 7.05. The Hall–Kier alpha value is -3.36. The highest BCUT2D eigenvalue weighted by Gasteiger charge is 2.39.